The third kappa shape index (κ3) is 4.09. The highest BCUT2D eigenvalue weighted by Crippen LogP contribution is 2.32. The highest BCUT2D eigenvalue weighted by Gasteiger charge is 2.34. The summed E-state index contributed by atoms with van der Waals surface area (Å²) in [5, 5.41) is 10.8. The molecule has 0 radical (unpaired) electrons. The summed E-state index contributed by atoms with van der Waals surface area (Å²) in [5.74, 6) is -1.41. The van der Waals surface area contributed by atoms with Gasteiger partial charge in [-0.25, -0.2) is 9.18 Å². The van der Waals surface area contributed by atoms with Crippen LogP contribution in [0.4, 0.5) is 28.0 Å². The summed E-state index contributed by atoms with van der Waals surface area (Å²) in [6.45, 7) is -0.250. The fraction of sp³-hybridized carbons (Fsp3) is 0.364. The molecule has 0 spiro atoms. The minimum atomic E-state index is -4.83. The molecule has 1 aromatic carbocycles. The van der Waals surface area contributed by atoms with Gasteiger partial charge < -0.3 is 15.3 Å². The van der Waals surface area contributed by atoms with Gasteiger partial charge in [0, 0.05) is 19.3 Å². The molecule has 8 heteroatoms. The smallest absolute Gasteiger partial charge is 0.395 e. The van der Waals surface area contributed by atoms with Crippen molar-refractivity contribution in [2.45, 2.75) is 6.18 Å². The van der Waals surface area contributed by atoms with Gasteiger partial charge in [0.2, 0.25) is 0 Å². The topological polar surface area (TPSA) is 52.6 Å². The van der Waals surface area contributed by atoms with E-state index in [4.69, 9.17) is 5.11 Å². The lowest BCUT2D eigenvalue weighted by Gasteiger charge is -2.17. The molecule has 0 unspecified atom stereocenters. The van der Waals surface area contributed by atoms with Crippen LogP contribution in [0.15, 0.2) is 18.2 Å². The van der Waals surface area contributed by atoms with Crippen LogP contribution in [-0.2, 0) is 6.18 Å². The van der Waals surface area contributed by atoms with Crippen LogP contribution in [0.2, 0.25) is 0 Å². The van der Waals surface area contributed by atoms with Gasteiger partial charge in [-0.1, -0.05) is 0 Å². The molecule has 19 heavy (non-hydrogen) atoms. The molecule has 0 bridgehead atoms. The van der Waals surface area contributed by atoms with Gasteiger partial charge in [0.1, 0.15) is 5.82 Å². The van der Waals surface area contributed by atoms with Crippen LogP contribution in [0.25, 0.3) is 0 Å². The lowest BCUT2D eigenvalue weighted by atomic mass is 10.2. The van der Waals surface area contributed by atoms with Crippen molar-refractivity contribution in [3.63, 3.8) is 0 Å². The van der Waals surface area contributed by atoms with Crippen LogP contribution in [0.3, 0.4) is 0 Å². The number of benzene rings is 1. The first-order valence-electron chi connectivity index (χ1n) is 5.25. The Morgan fingerprint density at radius 3 is 2.58 bits per heavy atom. The Morgan fingerprint density at radius 2 is 2.05 bits per heavy atom. The Hall–Kier alpha value is -1.83. The lowest BCUT2D eigenvalue weighted by Crippen LogP contribution is -2.33. The maximum absolute atomic E-state index is 13.0. The van der Waals surface area contributed by atoms with Crippen molar-refractivity contribution < 1.29 is 27.5 Å². The molecule has 0 fully saturated rings. The van der Waals surface area contributed by atoms with E-state index >= 15 is 0 Å². The van der Waals surface area contributed by atoms with E-state index in [9.17, 15) is 22.4 Å². The molecule has 0 heterocycles. The number of nitrogens with one attached hydrogen (secondary N) is 1. The molecular weight excluding hydrogens is 268 g/mol. The van der Waals surface area contributed by atoms with E-state index < -0.39 is 23.6 Å². The van der Waals surface area contributed by atoms with E-state index in [0.29, 0.717) is 12.1 Å². The molecule has 2 N–H and O–H groups in total. The van der Waals surface area contributed by atoms with Crippen LogP contribution >= 0.6 is 0 Å². The number of aliphatic hydroxyl groups is 1. The van der Waals surface area contributed by atoms with Crippen molar-refractivity contribution in [2.24, 2.45) is 0 Å². The molecule has 1 rings (SSSR count). The summed E-state index contributed by atoms with van der Waals surface area (Å²) < 4.78 is 50.4. The van der Waals surface area contributed by atoms with E-state index in [1.807, 2.05) is 0 Å². The summed E-state index contributed by atoms with van der Waals surface area (Å²) in [5.41, 5.74) is -1.63. The number of hydrogen-bond donors (Lipinski definition) is 2. The Kier molecular flexibility index (Phi) is 4.71. The van der Waals surface area contributed by atoms with Gasteiger partial charge in [0.25, 0.3) is 0 Å². The van der Waals surface area contributed by atoms with Gasteiger partial charge in [0.15, 0.2) is 0 Å². The second-order valence-electron chi connectivity index (χ2n) is 3.77. The number of likely N-dealkylation sites (N-methyl/N-ethyl adjacent to an activating group) is 1. The Morgan fingerprint density at radius 1 is 1.42 bits per heavy atom. The normalized spacial score (nSPS) is 11.3. The summed E-state index contributed by atoms with van der Waals surface area (Å²) in [7, 11) is 1.36. The number of aliphatic hydroxyl groups excluding tert-OH is 1. The van der Waals surface area contributed by atoms with Crippen LogP contribution in [0, 0.1) is 5.82 Å². The lowest BCUT2D eigenvalue weighted by molar-refractivity contribution is -0.139. The first-order valence-corrected chi connectivity index (χ1v) is 5.25. The van der Waals surface area contributed by atoms with Crippen molar-refractivity contribution in [1.29, 1.82) is 0 Å². The van der Waals surface area contributed by atoms with Crippen LogP contribution in [0.1, 0.15) is 5.56 Å². The number of nitrogens with zero attached hydrogens (tertiary/aromatic N) is 1. The van der Waals surface area contributed by atoms with Crippen molar-refractivity contribution in [3.8, 4) is 0 Å². The zero-order valence-electron chi connectivity index (χ0n) is 9.96. The predicted octanol–water partition coefficient (Wildman–Crippen LogP) is 2.30. The minimum absolute atomic E-state index is 0.0269. The average molecular weight is 280 g/mol. The predicted molar refractivity (Wildman–Crippen MR) is 60.1 cm³/mol. The maximum atomic E-state index is 13.0. The molecule has 0 aliphatic heterocycles. The highest BCUT2D eigenvalue weighted by atomic mass is 19.4. The van der Waals surface area contributed by atoms with Gasteiger partial charge in [-0.15, -0.1) is 0 Å². The SMILES string of the molecule is CN(CCO)C(=O)Nc1ccc(F)c(C(F)(F)F)c1. The first-order chi connectivity index (χ1) is 8.75. The molecule has 2 amide bonds. The monoisotopic (exact) mass is 280 g/mol. The average Bonchev–Trinajstić information content (AvgIpc) is 2.30. The quantitative estimate of drug-likeness (QED) is 0.835. The van der Waals surface area contributed by atoms with E-state index in [1.165, 1.54) is 7.05 Å². The van der Waals surface area contributed by atoms with Crippen molar-refractivity contribution in [1.82, 2.24) is 4.90 Å². The van der Waals surface area contributed by atoms with Gasteiger partial charge in [-0.05, 0) is 18.2 Å². The van der Waals surface area contributed by atoms with Gasteiger partial charge >= 0.3 is 12.2 Å². The molecule has 0 aromatic heterocycles. The molecule has 0 saturated carbocycles. The molecule has 106 valence electrons. The van der Waals surface area contributed by atoms with Crippen molar-refractivity contribution >= 4 is 11.7 Å². The minimum Gasteiger partial charge on any atom is -0.395 e. The number of rotatable bonds is 3. The number of amides is 2. The molecule has 0 atom stereocenters. The molecular formula is C11H12F4N2O2. The third-order valence-electron chi connectivity index (χ3n) is 2.31. The van der Waals surface area contributed by atoms with E-state index in [2.05, 4.69) is 5.32 Å². The maximum Gasteiger partial charge on any atom is 0.419 e. The number of alkyl halides is 3. The number of urea groups is 1. The Balaban J connectivity index is 2.89. The van der Waals surface area contributed by atoms with E-state index in [0.717, 1.165) is 11.0 Å². The Bertz CT molecular complexity index is 462. The zero-order chi connectivity index (χ0) is 14.6. The number of carbonyl (C=O) groups is 1. The first kappa shape index (κ1) is 15.2. The van der Waals surface area contributed by atoms with E-state index in [-0.39, 0.29) is 18.8 Å². The molecule has 1 aromatic rings. The largest absolute Gasteiger partial charge is 0.419 e. The summed E-state index contributed by atoms with van der Waals surface area (Å²) >= 11 is 0. The summed E-state index contributed by atoms with van der Waals surface area (Å²) in [6.07, 6.45) is -4.83. The number of anilines is 1. The van der Waals surface area contributed by atoms with Crippen LogP contribution < -0.4 is 5.32 Å². The molecule has 0 aliphatic carbocycles. The standard InChI is InChI=1S/C11H12F4N2O2/c1-17(4-5-18)10(19)16-7-2-3-9(12)8(6-7)11(13,14)15/h2-3,6,18H,4-5H2,1H3,(H,16,19). The highest BCUT2D eigenvalue weighted by molar-refractivity contribution is 5.89. The van der Waals surface area contributed by atoms with Gasteiger partial charge in [-0.2, -0.15) is 13.2 Å². The van der Waals surface area contributed by atoms with Crippen LogP contribution in [0.5, 0.6) is 0 Å². The second kappa shape index (κ2) is 5.87. The third-order valence-corrected chi connectivity index (χ3v) is 2.31. The molecule has 4 nitrogen and oxygen atoms in total. The zero-order valence-corrected chi connectivity index (χ0v) is 9.96. The number of carbonyl (C=O) groups excluding carboxylic acids is 1. The van der Waals surface area contributed by atoms with Crippen molar-refractivity contribution in [3.05, 3.63) is 29.6 Å². The van der Waals surface area contributed by atoms with Gasteiger partial charge in [-0.3, -0.25) is 0 Å². The summed E-state index contributed by atoms with van der Waals surface area (Å²) in [4.78, 5) is 12.6. The fourth-order valence-electron chi connectivity index (χ4n) is 1.29. The molecule has 0 aliphatic rings. The fourth-order valence-corrected chi connectivity index (χ4v) is 1.29. The van der Waals surface area contributed by atoms with Crippen LogP contribution in [-0.4, -0.2) is 36.2 Å². The second-order valence-corrected chi connectivity index (χ2v) is 3.77. The van der Waals surface area contributed by atoms with Gasteiger partial charge in [0.05, 0.1) is 12.2 Å². The Labute approximate surface area is 106 Å². The van der Waals surface area contributed by atoms with E-state index in [1.54, 1.807) is 0 Å². The van der Waals surface area contributed by atoms with Crippen molar-refractivity contribution in [2.75, 3.05) is 25.5 Å². The number of halogens is 4. The number of hydrogen-bond acceptors (Lipinski definition) is 2. The molecule has 0 saturated heterocycles. The summed E-state index contributed by atoms with van der Waals surface area (Å²) in [6, 6.07) is 1.47.